The van der Waals surface area contributed by atoms with E-state index >= 15 is 0 Å². The van der Waals surface area contributed by atoms with E-state index in [0.717, 1.165) is 6.42 Å². The minimum atomic E-state index is -3.56. The molecule has 5 heteroatoms. The molecular formula is C15H22N2O2S. The third-order valence-electron chi connectivity index (χ3n) is 3.20. The molecule has 0 amide bonds. The summed E-state index contributed by atoms with van der Waals surface area (Å²) < 4.78 is 27.4. The maximum atomic E-state index is 12.4. The Hall–Kier alpha value is -1.35. The Morgan fingerprint density at radius 1 is 1.30 bits per heavy atom. The minimum absolute atomic E-state index is 0.0784. The molecule has 0 saturated carbocycles. The van der Waals surface area contributed by atoms with Crippen LogP contribution in [0, 0.1) is 17.3 Å². The van der Waals surface area contributed by atoms with Gasteiger partial charge in [-0.3, -0.25) is 0 Å². The lowest BCUT2D eigenvalue weighted by Gasteiger charge is -2.23. The summed E-state index contributed by atoms with van der Waals surface area (Å²) in [4.78, 5) is 0.202. The van der Waals surface area contributed by atoms with E-state index in [2.05, 4.69) is 16.6 Å². The van der Waals surface area contributed by atoms with Crippen LogP contribution in [-0.4, -0.2) is 21.5 Å². The molecule has 3 N–H and O–H groups in total. The quantitative estimate of drug-likeness (QED) is 0.812. The SMILES string of the molecule is CCC(C)(C)CNS(=O)(=O)c1ccccc1C#CCN. The Morgan fingerprint density at radius 3 is 2.55 bits per heavy atom. The minimum Gasteiger partial charge on any atom is -0.320 e. The molecule has 0 aliphatic rings. The fourth-order valence-electron chi connectivity index (χ4n) is 1.44. The first-order valence-corrected chi connectivity index (χ1v) is 8.08. The fraction of sp³-hybridized carbons (Fsp3) is 0.467. The third kappa shape index (κ3) is 4.64. The highest BCUT2D eigenvalue weighted by atomic mass is 32.2. The molecule has 4 nitrogen and oxygen atoms in total. The van der Waals surface area contributed by atoms with Gasteiger partial charge in [0.25, 0.3) is 0 Å². The number of nitrogens with one attached hydrogen (secondary N) is 1. The smallest absolute Gasteiger partial charge is 0.241 e. The summed E-state index contributed by atoms with van der Waals surface area (Å²) in [5.74, 6) is 5.48. The Kier molecular flexibility index (Phi) is 5.75. The first kappa shape index (κ1) is 16.7. The molecule has 0 heterocycles. The second-order valence-electron chi connectivity index (χ2n) is 5.34. The molecule has 0 saturated heterocycles. The van der Waals surface area contributed by atoms with E-state index in [4.69, 9.17) is 5.73 Å². The summed E-state index contributed by atoms with van der Waals surface area (Å²) in [5.41, 5.74) is 5.72. The summed E-state index contributed by atoms with van der Waals surface area (Å²) in [7, 11) is -3.56. The Morgan fingerprint density at radius 2 is 1.95 bits per heavy atom. The molecular weight excluding hydrogens is 272 g/mol. The molecule has 1 aromatic carbocycles. The summed E-state index contributed by atoms with van der Waals surface area (Å²) in [5, 5.41) is 0. The Bertz CT molecular complexity index is 610. The van der Waals surface area contributed by atoms with Crippen LogP contribution in [0.15, 0.2) is 29.2 Å². The molecule has 0 atom stereocenters. The largest absolute Gasteiger partial charge is 0.320 e. The van der Waals surface area contributed by atoms with E-state index in [1.165, 1.54) is 0 Å². The van der Waals surface area contributed by atoms with Crippen LogP contribution in [0.2, 0.25) is 0 Å². The maximum absolute atomic E-state index is 12.4. The van der Waals surface area contributed by atoms with Crippen LogP contribution in [0.1, 0.15) is 32.8 Å². The van der Waals surface area contributed by atoms with E-state index in [0.29, 0.717) is 12.1 Å². The van der Waals surface area contributed by atoms with Crippen molar-refractivity contribution in [1.82, 2.24) is 4.72 Å². The maximum Gasteiger partial charge on any atom is 0.241 e. The summed E-state index contributed by atoms with van der Waals surface area (Å²) >= 11 is 0. The van der Waals surface area contributed by atoms with Crippen molar-refractivity contribution in [3.05, 3.63) is 29.8 Å². The molecule has 0 unspecified atom stereocenters. The Labute approximate surface area is 121 Å². The standard InChI is InChI=1S/C15H22N2O2S/c1-4-15(2,3)12-17-20(18,19)14-10-6-5-8-13(14)9-7-11-16/h5-6,8,10,17H,4,11-12,16H2,1-3H3. The van der Waals surface area contributed by atoms with E-state index in [9.17, 15) is 8.42 Å². The van der Waals surface area contributed by atoms with Crippen LogP contribution < -0.4 is 10.5 Å². The number of nitrogens with two attached hydrogens (primary N) is 1. The molecule has 20 heavy (non-hydrogen) atoms. The first-order chi connectivity index (χ1) is 9.32. The van der Waals surface area contributed by atoms with Gasteiger partial charge in [-0.25, -0.2) is 13.1 Å². The van der Waals surface area contributed by atoms with Crippen LogP contribution in [0.25, 0.3) is 0 Å². The number of benzene rings is 1. The third-order valence-corrected chi connectivity index (χ3v) is 4.66. The van der Waals surface area contributed by atoms with Crippen LogP contribution in [0.4, 0.5) is 0 Å². The zero-order valence-corrected chi connectivity index (χ0v) is 13.0. The summed E-state index contributed by atoms with van der Waals surface area (Å²) in [6.07, 6.45) is 0.893. The van der Waals surface area contributed by atoms with E-state index < -0.39 is 10.0 Å². The molecule has 0 spiro atoms. The molecule has 0 bridgehead atoms. The van der Waals surface area contributed by atoms with Gasteiger partial charge in [0, 0.05) is 12.1 Å². The van der Waals surface area contributed by atoms with Gasteiger partial charge in [0.05, 0.1) is 11.4 Å². The second kappa shape index (κ2) is 6.89. The van der Waals surface area contributed by atoms with Gasteiger partial charge in [0.15, 0.2) is 0 Å². The van der Waals surface area contributed by atoms with Crippen molar-refractivity contribution in [2.45, 2.75) is 32.1 Å². The molecule has 0 radical (unpaired) electrons. The lowest BCUT2D eigenvalue weighted by molar-refractivity contribution is 0.350. The van der Waals surface area contributed by atoms with Crippen molar-refractivity contribution < 1.29 is 8.42 Å². The highest BCUT2D eigenvalue weighted by Gasteiger charge is 2.22. The molecule has 0 aliphatic heterocycles. The van der Waals surface area contributed by atoms with Crippen molar-refractivity contribution in [3.63, 3.8) is 0 Å². The molecule has 1 rings (SSSR count). The van der Waals surface area contributed by atoms with E-state index in [1.54, 1.807) is 24.3 Å². The zero-order chi connectivity index (χ0) is 15.2. The lowest BCUT2D eigenvalue weighted by atomic mass is 9.91. The predicted octanol–water partition coefficient (Wildman–Crippen LogP) is 1.71. The summed E-state index contributed by atoms with van der Waals surface area (Å²) in [6.45, 7) is 6.68. The molecule has 0 aromatic heterocycles. The van der Waals surface area contributed by atoms with Crippen molar-refractivity contribution in [3.8, 4) is 11.8 Å². The van der Waals surface area contributed by atoms with Crippen LogP contribution in [0.3, 0.4) is 0 Å². The van der Waals surface area contributed by atoms with Crippen LogP contribution in [-0.2, 0) is 10.0 Å². The van der Waals surface area contributed by atoms with Gasteiger partial charge >= 0.3 is 0 Å². The predicted molar refractivity (Wildman–Crippen MR) is 81.6 cm³/mol. The monoisotopic (exact) mass is 294 g/mol. The highest BCUT2D eigenvalue weighted by Crippen LogP contribution is 2.20. The molecule has 1 aromatic rings. The average Bonchev–Trinajstić information content (AvgIpc) is 2.43. The van der Waals surface area contributed by atoms with Gasteiger partial charge in [0.1, 0.15) is 0 Å². The van der Waals surface area contributed by atoms with Gasteiger partial charge in [-0.1, -0.05) is 44.7 Å². The molecule has 0 aliphatic carbocycles. The van der Waals surface area contributed by atoms with Crippen molar-refractivity contribution >= 4 is 10.0 Å². The second-order valence-corrected chi connectivity index (χ2v) is 7.08. The van der Waals surface area contributed by atoms with Crippen LogP contribution >= 0.6 is 0 Å². The highest BCUT2D eigenvalue weighted by molar-refractivity contribution is 7.89. The van der Waals surface area contributed by atoms with Crippen LogP contribution in [0.5, 0.6) is 0 Å². The number of hydrogen-bond donors (Lipinski definition) is 2. The van der Waals surface area contributed by atoms with Gasteiger partial charge in [-0.2, -0.15) is 0 Å². The van der Waals surface area contributed by atoms with Gasteiger partial charge in [0.2, 0.25) is 10.0 Å². The average molecular weight is 294 g/mol. The normalized spacial score (nSPS) is 11.8. The number of hydrogen-bond acceptors (Lipinski definition) is 3. The van der Waals surface area contributed by atoms with Crippen molar-refractivity contribution in [2.24, 2.45) is 11.1 Å². The summed E-state index contributed by atoms with van der Waals surface area (Å²) in [6, 6.07) is 6.69. The zero-order valence-electron chi connectivity index (χ0n) is 12.2. The molecule has 0 fully saturated rings. The topological polar surface area (TPSA) is 72.2 Å². The number of sulfonamides is 1. The lowest BCUT2D eigenvalue weighted by Crippen LogP contribution is -2.34. The van der Waals surface area contributed by atoms with Gasteiger partial charge in [-0.15, -0.1) is 0 Å². The molecule has 110 valence electrons. The van der Waals surface area contributed by atoms with Gasteiger partial charge in [-0.05, 0) is 24.0 Å². The Balaban J connectivity index is 3.04. The fourth-order valence-corrected chi connectivity index (χ4v) is 2.85. The first-order valence-electron chi connectivity index (χ1n) is 6.60. The number of rotatable bonds is 5. The van der Waals surface area contributed by atoms with Crippen molar-refractivity contribution in [2.75, 3.05) is 13.1 Å². The van der Waals surface area contributed by atoms with Crippen molar-refractivity contribution in [1.29, 1.82) is 0 Å². The van der Waals surface area contributed by atoms with E-state index in [1.807, 2.05) is 20.8 Å². The van der Waals surface area contributed by atoms with E-state index in [-0.39, 0.29) is 16.9 Å². The van der Waals surface area contributed by atoms with Gasteiger partial charge < -0.3 is 5.73 Å².